The lowest BCUT2D eigenvalue weighted by molar-refractivity contribution is 0.414. The minimum atomic E-state index is 0.817. The number of benzene rings is 1. The van der Waals surface area contributed by atoms with Crippen LogP contribution in [0.5, 0.6) is 5.75 Å². The van der Waals surface area contributed by atoms with E-state index in [0.717, 1.165) is 34.8 Å². The van der Waals surface area contributed by atoms with Crippen molar-refractivity contribution in [3.05, 3.63) is 35.1 Å². The van der Waals surface area contributed by atoms with Gasteiger partial charge in [0.25, 0.3) is 0 Å². The second-order valence-corrected chi connectivity index (χ2v) is 5.17. The Morgan fingerprint density at radius 3 is 2.95 bits per heavy atom. The van der Waals surface area contributed by atoms with Crippen LogP contribution in [0.3, 0.4) is 0 Å². The Labute approximate surface area is 121 Å². The predicted octanol–water partition coefficient (Wildman–Crippen LogP) is 3.86. The first-order valence-electron chi connectivity index (χ1n) is 6.36. The van der Waals surface area contributed by atoms with E-state index in [9.17, 15) is 0 Å². The summed E-state index contributed by atoms with van der Waals surface area (Å²) in [5.74, 6) is 1.67. The average molecular weight is 324 g/mol. The van der Waals surface area contributed by atoms with Crippen molar-refractivity contribution < 1.29 is 4.74 Å². The van der Waals surface area contributed by atoms with Gasteiger partial charge in [-0.1, -0.05) is 29.3 Å². The first-order valence-corrected chi connectivity index (χ1v) is 7.16. The summed E-state index contributed by atoms with van der Waals surface area (Å²) in [5, 5.41) is 3.35. The van der Waals surface area contributed by atoms with Gasteiger partial charge in [-0.25, -0.2) is 4.98 Å². The third kappa shape index (κ3) is 3.50. The molecule has 2 aromatic rings. The van der Waals surface area contributed by atoms with Crippen LogP contribution in [-0.2, 0) is 0 Å². The smallest absolute Gasteiger partial charge is 0.207 e. The lowest BCUT2D eigenvalue weighted by Crippen LogP contribution is -2.07. The van der Waals surface area contributed by atoms with E-state index in [1.54, 1.807) is 13.3 Å². The summed E-state index contributed by atoms with van der Waals surface area (Å²) in [6.07, 6.45) is 6.03. The van der Waals surface area contributed by atoms with Crippen molar-refractivity contribution in [3.8, 4) is 11.4 Å². The number of imidazole rings is 1. The lowest BCUT2D eigenvalue weighted by atomic mass is 10.3. The Balaban J connectivity index is 2.26. The summed E-state index contributed by atoms with van der Waals surface area (Å²) in [6.45, 7) is 3.10. The Morgan fingerprint density at radius 2 is 2.21 bits per heavy atom. The monoisotopic (exact) mass is 323 g/mol. The highest BCUT2D eigenvalue weighted by Crippen LogP contribution is 2.25. The molecule has 4 nitrogen and oxygen atoms in total. The average Bonchev–Trinajstić information content (AvgIpc) is 2.86. The van der Waals surface area contributed by atoms with Crippen LogP contribution >= 0.6 is 15.9 Å². The van der Waals surface area contributed by atoms with Gasteiger partial charge in [0.15, 0.2) is 0 Å². The third-order valence-electron chi connectivity index (χ3n) is 2.82. The van der Waals surface area contributed by atoms with Crippen LogP contribution < -0.4 is 10.1 Å². The maximum Gasteiger partial charge on any atom is 0.207 e. The molecule has 0 fully saturated rings. The zero-order chi connectivity index (χ0) is 13.7. The maximum absolute atomic E-state index is 5.29. The van der Waals surface area contributed by atoms with Crippen LogP contribution in [0.2, 0.25) is 0 Å². The molecule has 0 aliphatic carbocycles. The molecule has 5 heteroatoms. The molecule has 0 atom stereocenters. The summed E-state index contributed by atoms with van der Waals surface area (Å²) < 4.78 is 8.29. The van der Waals surface area contributed by atoms with Crippen molar-refractivity contribution in [2.24, 2.45) is 0 Å². The second-order valence-electron chi connectivity index (χ2n) is 4.25. The van der Waals surface area contributed by atoms with E-state index in [1.165, 1.54) is 6.42 Å². The highest BCUT2D eigenvalue weighted by atomic mass is 79.9. The van der Waals surface area contributed by atoms with Crippen molar-refractivity contribution in [2.75, 3.05) is 19.0 Å². The minimum absolute atomic E-state index is 0.817. The number of unbranched alkanes of at least 4 members (excludes halogenated alkanes) is 1. The van der Waals surface area contributed by atoms with Crippen LogP contribution in [0.15, 0.2) is 35.1 Å². The molecular formula is C14H18BrN3O. The van der Waals surface area contributed by atoms with Crippen molar-refractivity contribution in [2.45, 2.75) is 19.8 Å². The Hall–Kier alpha value is -1.49. The molecule has 1 aromatic carbocycles. The highest BCUT2D eigenvalue weighted by Gasteiger charge is 2.06. The SMILES string of the molecule is CCCCNc1nccn1-c1cc(Br)cc(OC)c1. The first kappa shape index (κ1) is 13.9. The van der Waals surface area contributed by atoms with E-state index in [1.807, 2.05) is 29.0 Å². The van der Waals surface area contributed by atoms with Crippen LogP contribution in [0.25, 0.3) is 5.69 Å². The molecule has 1 N–H and O–H groups in total. The molecule has 0 aliphatic heterocycles. The van der Waals surface area contributed by atoms with Crippen LogP contribution in [0.1, 0.15) is 19.8 Å². The first-order chi connectivity index (χ1) is 9.24. The zero-order valence-corrected chi connectivity index (χ0v) is 12.8. The number of hydrogen-bond acceptors (Lipinski definition) is 3. The largest absolute Gasteiger partial charge is 0.497 e. The molecule has 1 heterocycles. The van der Waals surface area contributed by atoms with Gasteiger partial charge < -0.3 is 10.1 Å². The van der Waals surface area contributed by atoms with Crippen molar-refractivity contribution >= 4 is 21.9 Å². The molecule has 19 heavy (non-hydrogen) atoms. The number of methoxy groups -OCH3 is 1. The van der Waals surface area contributed by atoms with Crippen molar-refractivity contribution in [3.63, 3.8) is 0 Å². The lowest BCUT2D eigenvalue weighted by Gasteiger charge is -2.11. The number of nitrogens with zero attached hydrogens (tertiary/aromatic N) is 2. The summed E-state index contributed by atoms with van der Waals surface area (Å²) in [4.78, 5) is 4.35. The third-order valence-corrected chi connectivity index (χ3v) is 3.28. The van der Waals surface area contributed by atoms with Crippen LogP contribution in [0.4, 0.5) is 5.95 Å². The highest BCUT2D eigenvalue weighted by molar-refractivity contribution is 9.10. The maximum atomic E-state index is 5.29. The van der Waals surface area contributed by atoms with E-state index in [0.29, 0.717) is 0 Å². The molecule has 1 aromatic heterocycles. The molecule has 102 valence electrons. The van der Waals surface area contributed by atoms with Crippen LogP contribution in [0, 0.1) is 0 Å². The number of hydrogen-bond donors (Lipinski definition) is 1. The molecule has 0 saturated carbocycles. The van der Waals surface area contributed by atoms with Gasteiger partial charge in [0.2, 0.25) is 5.95 Å². The van der Waals surface area contributed by atoms with Gasteiger partial charge in [-0.3, -0.25) is 4.57 Å². The number of rotatable bonds is 6. The zero-order valence-electron chi connectivity index (χ0n) is 11.2. The Morgan fingerprint density at radius 1 is 1.37 bits per heavy atom. The van der Waals surface area contributed by atoms with Gasteiger partial charge in [0, 0.05) is 29.5 Å². The van der Waals surface area contributed by atoms with E-state index in [2.05, 4.69) is 33.2 Å². The molecule has 0 spiro atoms. The van der Waals surface area contributed by atoms with Gasteiger partial charge in [-0.05, 0) is 18.6 Å². The molecular weight excluding hydrogens is 306 g/mol. The van der Waals surface area contributed by atoms with E-state index >= 15 is 0 Å². The molecule has 0 unspecified atom stereocenters. The number of halogens is 1. The van der Waals surface area contributed by atoms with Gasteiger partial charge in [0.1, 0.15) is 5.75 Å². The van der Waals surface area contributed by atoms with E-state index < -0.39 is 0 Å². The fourth-order valence-electron chi connectivity index (χ4n) is 1.82. The van der Waals surface area contributed by atoms with Crippen LogP contribution in [-0.4, -0.2) is 23.2 Å². The molecule has 0 aliphatic rings. The molecule has 0 radical (unpaired) electrons. The molecule has 0 bridgehead atoms. The Kier molecular flexibility index (Phi) is 4.85. The van der Waals surface area contributed by atoms with E-state index in [-0.39, 0.29) is 0 Å². The summed E-state index contributed by atoms with van der Waals surface area (Å²) in [6, 6.07) is 5.96. The quantitative estimate of drug-likeness (QED) is 0.820. The van der Waals surface area contributed by atoms with Crippen molar-refractivity contribution in [1.29, 1.82) is 0 Å². The summed E-state index contributed by atoms with van der Waals surface area (Å²) in [5.41, 5.74) is 1.02. The summed E-state index contributed by atoms with van der Waals surface area (Å²) in [7, 11) is 1.67. The topological polar surface area (TPSA) is 39.1 Å². The fourth-order valence-corrected chi connectivity index (χ4v) is 2.28. The van der Waals surface area contributed by atoms with Gasteiger partial charge >= 0.3 is 0 Å². The standard InChI is InChI=1S/C14H18BrN3O/c1-3-4-5-16-14-17-6-7-18(14)12-8-11(15)9-13(10-12)19-2/h6-10H,3-5H2,1-2H3,(H,16,17). The van der Waals surface area contributed by atoms with E-state index in [4.69, 9.17) is 4.74 Å². The van der Waals surface area contributed by atoms with Gasteiger partial charge in [-0.15, -0.1) is 0 Å². The van der Waals surface area contributed by atoms with Gasteiger partial charge in [0.05, 0.1) is 12.8 Å². The fraction of sp³-hybridized carbons (Fsp3) is 0.357. The van der Waals surface area contributed by atoms with Gasteiger partial charge in [-0.2, -0.15) is 0 Å². The number of nitrogens with one attached hydrogen (secondary N) is 1. The normalized spacial score (nSPS) is 10.5. The number of ether oxygens (including phenoxy) is 1. The molecule has 2 rings (SSSR count). The summed E-state index contributed by atoms with van der Waals surface area (Å²) >= 11 is 3.49. The predicted molar refractivity (Wildman–Crippen MR) is 81.2 cm³/mol. The second kappa shape index (κ2) is 6.61. The Bertz CT molecular complexity index is 539. The number of anilines is 1. The molecule has 0 amide bonds. The number of aromatic nitrogens is 2. The minimum Gasteiger partial charge on any atom is -0.497 e. The van der Waals surface area contributed by atoms with Crippen molar-refractivity contribution in [1.82, 2.24) is 9.55 Å². The molecule has 0 saturated heterocycles.